The van der Waals surface area contributed by atoms with E-state index >= 15 is 0 Å². The molecule has 0 saturated heterocycles. The van der Waals surface area contributed by atoms with Crippen molar-refractivity contribution in [3.63, 3.8) is 0 Å². The Morgan fingerprint density at radius 1 is 1.24 bits per heavy atom. The van der Waals surface area contributed by atoms with Crippen molar-refractivity contribution >= 4 is 0 Å². The van der Waals surface area contributed by atoms with Gasteiger partial charge in [0, 0.05) is 11.6 Å². The van der Waals surface area contributed by atoms with Crippen molar-refractivity contribution in [2.75, 3.05) is 19.8 Å². The van der Waals surface area contributed by atoms with E-state index in [4.69, 9.17) is 9.47 Å². The predicted molar refractivity (Wildman–Crippen MR) is 84.4 cm³/mol. The average molecular weight is 297 g/mol. The van der Waals surface area contributed by atoms with Crippen LogP contribution in [0.15, 0.2) is 12.1 Å². The quantitative estimate of drug-likeness (QED) is 0.772. The van der Waals surface area contributed by atoms with Crippen LogP contribution < -0.4 is 10.1 Å². The van der Waals surface area contributed by atoms with Crippen molar-refractivity contribution in [2.45, 2.75) is 53.2 Å². The van der Waals surface area contributed by atoms with Gasteiger partial charge in [0.2, 0.25) is 0 Å². The minimum Gasteiger partial charge on any atom is -0.491 e. The maximum atomic E-state index is 13.8. The molecule has 0 aliphatic rings. The largest absolute Gasteiger partial charge is 0.491 e. The molecule has 1 unspecified atom stereocenters. The summed E-state index contributed by atoms with van der Waals surface area (Å²) in [6.07, 6.45) is 0. The van der Waals surface area contributed by atoms with Gasteiger partial charge in [-0.1, -0.05) is 6.92 Å². The molecular formula is C17H28FNO2. The molecule has 1 atom stereocenters. The molecule has 0 bridgehead atoms. The number of ether oxygens (including phenoxy) is 2. The second-order valence-electron chi connectivity index (χ2n) is 6.23. The number of benzene rings is 1. The molecule has 1 aromatic rings. The normalized spacial score (nSPS) is 13.3. The first kappa shape index (κ1) is 17.9. The van der Waals surface area contributed by atoms with Crippen molar-refractivity contribution in [3.05, 3.63) is 29.1 Å². The van der Waals surface area contributed by atoms with Gasteiger partial charge in [0.15, 0.2) is 0 Å². The van der Waals surface area contributed by atoms with Crippen LogP contribution >= 0.6 is 0 Å². The third-order valence-electron chi connectivity index (χ3n) is 3.14. The lowest BCUT2D eigenvalue weighted by molar-refractivity contribution is -0.0164. The molecule has 120 valence electrons. The highest BCUT2D eigenvalue weighted by Gasteiger charge is 2.15. The summed E-state index contributed by atoms with van der Waals surface area (Å²) in [7, 11) is 0. The van der Waals surface area contributed by atoms with E-state index in [1.807, 2.05) is 34.6 Å². The first-order valence-electron chi connectivity index (χ1n) is 7.54. The van der Waals surface area contributed by atoms with Crippen molar-refractivity contribution in [3.8, 4) is 5.75 Å². The SMILES string of the molecule is CCNC(C)c1cc(F)c(C)cc1OCCOC(C)(C)C. The molecule has 1 aromatic carbocycles. The number of hydrogen-bond acceptors (Lipinski definition) is 3. The molecular weight excluding hydrogens is 269 g/mol. The van der Waals surface area contributed by atoms with Gasteiger partial charge in [-0.2, -0.15) is 0 Å². The van der Waals surface area contributed by atoms with E-state index in [1.165, 1.54) is 0 Å². The Labute approximate surface area is 127 Å². The Kier molecular flexibility index (Phi) is 6.62. The summed E-state index contributed by atoms with van der Waals surface area (Å²) in [5.74, 6) is 0.521. The molecule has 0 heterocycles. The van der Waals surface area contributed by atoms with Gasteiger partial charge in [-0.05, 0) is 58.9 Å². The Morgan fingerprint density at radius 3 is 2.48 bits per heavy atom. The second-order valence-corrected chi connectivity index (χ2v) is 6.23. The fourth-order valence-corrected chi connectivity index (χ4v) is 2.05. The summed E-state index contributed by atoms with van der Waals surface area (Å²) in [5.41, 5.74) is 1.26. The Hall–Kier alpha value is -1.13. The van der Waals surface area contributed by atoms with E-state index in [9.17, 15) is 4.39 Å². The lowest BCUT2D eigenvalue weighted by atomic mass is 10.0. The molecule has 0 aliphatic carbocycles. The van der Waals surface area contributed by atoms with E-state index in [-0.39, 0.29) is 17.5 Å². The number of aryl methyl sites for hydroxylation is 1. The fourth-order valence-electron chi connectivity index (χ4n) is 2.05. The van der Waals surface area contributed by atoms with Gasteiger partial charge in [0.25, 0.3) is 0 Å². The van der Waals surface area contributed by atoms with Crippen LogP contribution in [0.25, 0.3) is 0 Å². The Morgan fingerprint density at radius 2 is 1.90 bits per heavy atom. The van der Waals surface area contributed by atoms with Crippen LogP contribution in [0.4, 0.5) is 4.39 Å². The van der Waals surface area contributed by atoms with Crippen LogP contribution in [0.5, 0.6) is 5.75 Å². The zero-order valence-electron chi connectivity index (χ0n) is 14.0. The van der Waals surface area contributed by atoms with E-state index in [2.05, 4.69) is 5.32 Å². The molecule has 4 heteroatoms. The highest BCUT2D eigenvalue weighted by molar-refractivity contribution is 5.40. The van der Waals surface area contributed by atoms with Crippen LogP contribution in [0.2, 0.25) is 0 Å². The van der Waals surface area contributed by atoms with Crippen molar-refractivity contribution in [1.29, 1.82) is 0 Å². The van der Waals surface area contributed by atoms with Gasteiger partial charge in [-0.25, -0.2) is 4.39 Å². The third kappa shape index (κ3) is 6.02. The summed E-state index contributed by atoms with van der Waals surface area (Å²) in [6.45, 7) is 13.6. The van der Waals surface area contributed by atoms with Gasteiger partial charge in [0.05, 0.1) is 12.2 Å². The van der Waals surface area contributed by atoms with Crippen LogP contribution in [-0.2, 0) is 4.74 Å². The first-order chi connectivity index (χ1) is 9.74. The lowest BCUT2D eigenvalue weighted by Gasteiger charge is -2.21. The van der Waals surface area contributed by atoms with Crippen LogP contribution in [-0.4, -0.2) is 25.4 Å². The third-order valence-corrected chi connectivity index (χ3v) is 3.14. The monoisotopic (exact) mass is 297 g/mol. The van der Waals surface area contributed by atoms with Gasteiger partial charge in [0.1, 0.15) is 18.2 Å². The minimum absolute atomic E-state index is 0.0450. The van der Waals surface area contributed by atoms with E-state index < -0.39 is 0 Å². The fraction of sp³-hybridized carbons (Fsp3) is 0.647. The molecule has 1 N–H and O–H groups in total. The van der Waals surface area contributed by atoms with Crippen LogP contribution in [0, 0.1) is 12.7 Å². The molecule has 0 fully saturated rings. The van der Waals surface area contributed by atoms with Gasteiger partial charge < -0.3 is 14.8 Å². The zero-order valence-corrected chi connectivity index (χ0v) is 14.0. The van der Waals surface area contributed by atoms with Crippen molar-refractivity contribution in [2.24, 2.45) is 0 Å². The number of nitrogens with one attached hydrogen (secondary N) is 1. The maximum Gasteiger partial charge on any atom is 0.126 e. The van der Waals surface area contributed by atoms with E-state index in [0.29, 0.717) is 18.8 Å². The molecule has 0 saturated carbocycles. The molecule has 0 amide bonds. The molecule has 0 spiro atoms. The Bertz CT molecular complexity index is 455. The zero-order chi connectivity index (χ0) is 16.0. The average Bonchev–Trinajstić information content (AvgIpc) is 2.37. The number of rotatable bonds is 7. The summed E-state index contributed by atoms with van der Waals surface area (Å²) < 4.78 is 25.2. The summed E-state index contributed by atoms with van der Waals surface area (Å²) in [6, 6.07) is 3.36. The summed E-state index contributed by atoms with van der Waals surface area (Å²) >= 11 is 0. The van der Waals surface area contributed by atoms with E-state index in [0.717, 1.165) is 17.9 Å². The number of halogens is 1. The lowest BCUT2D eigenvalue weighted by Crippen LogP contribution is -2.23. The second kappa shape index (κ2) is 7.76. The van der Waals surface area contributed by atoms with Gasteiger partial charge >= 0.3 is 0 Å². The number of hydrogen-bond donors (Lipinski definition) is 1. The first-order valence-corrected chi connectivity index (χ1v) is 7.54. The summed E-state index contributed by atoms with van der Waals surface area (Å²) in [5, 5.41) is 3.29. The highest BCUT2D eigenvalue weighted by atomic mass is 19.1. The molecule has 0 radical (unpaired) electrons. The molecule has 0 aliphatic heterocycles. The van der Waals surface area contributed by atoms with Crippen LogP contribution in [0.1, 0.15) is 51.8 Å². The molecule has 0 aromatic heterocycles. The highest BCUT2D eigenvalue weighted by Crippen LogP contribution is 2.28. The predicted octanol–water partition coefficient (Wildman–Crippen LogP) is 4.00. The molecule has 1 rings (SSSR count). The van der Waals surface area contributed by atoms with Crippen molar-refractivity contribution in [1.82, 2.24) is 5.32 Å². The topological polar surface area (TPSA) is 30.5 Å². The minimum atomic E-state index is -0.201. The van der Waals surface area contributed by atoms with Gasteiger partial charge in [-0.15, -0.1) is 0 Å². The van der Waals surface area contributed by atoms with Crippen molar-refractivity contribution < 1.29 is 13.9 Å². The smallest absolute Gasteiger partial charge is 0.126 e. The molecule has 21 heavy (non-hydrogen) atoms. The Balaban J connectivity index is 2.77. The molecule has 3 nitrogen and oxygen atoms in total. The van der Waals surface area contributed by atoms with Crippen LogP contribution in [0.3, 0.4) is 0 Å². The van der Waals surface area contributed by atoms with E-state index in [1.54, 1.807) is 19.1 Å². The van der Waals surface area contributed by atoms with Gasteiger partial charge in [-0.3, -0.25) is 0 Å². The standard InChI is InChI=1S/C17H28FNO2/c1-7-19-13(3)14-11-15(18)12(2)10-16(14)20-8-9-21-17(4,5)6/h10-11,13,19H,7-9H2,1-6H3. The maximum absolute atomic E-state index is 13.8. The summed E-state index contributed by atoms with van der Waals surface area (Å²) in [4.78, 5) is 0.